The first-order valence-corrected chi connectivity index (χ1v) is 4.71. The second kappa shape index (κ2) is 4.31. The molecule has 0 bridgehead atoms. The standard InChI is InChI=1S/C13H9F2O/c1-9-4-2-7-12(13(9)15)16-11-6-3-5-10(14)8-11/h2-8H,1H2. The predicted octanol–water partition coefficient (Wildman–Crippen LogP) is 3.94. The largest absolute Gasteiger partial charge is 0.454 e. The molecule has 2 aromatic rings. The molecule has 3 heteroatoms. The van der Waals surface area contributed by atoms with E-state index in [2.05, 4.69) is 6.92 Å². The number of ether oxygens (including phenoxy) is 1. The normalized spacial score (nSPS) is 10.2. The molecule has 0 saturated carbocycles. The summed E-state index contributed by atoms with van der Waals surface area (Å²) in [5, 5.41) is 0. The molecule has 81 valence electrons. The Bertz CT molecular complexity index is 509. The van der Waals surface area contributed by atoms with Gasteiger partial charge in [-0.3, -0.25) is 0 Å². The lowest BCUT2D eigenvalue weighted by Gasteiger charge is -2.07. The molecule has 0 saturated heterocycles. The molecule has 0 aliphatic carbocycles. The van der Waals surface area contributed by atoms with Crippen molar-refractivity contribution in [2.75, 3.05) is 0 Å². The molecule has 0 aromatic heterocycles. The number of hydrogen-bond donors (Lipinski definition) is 0. The van der Waals surface area contributed by atoms with E-state index < -0.39 is 11.6 Å². The number of halogens is 2. The summed E-state index contributed by atoms with van der Waals surface area (Å²) in [5.74, 6) is -0.668. The average molecular weight is 219 g/mol. The molecule has 2 rings (SSSR count). The first-order valence-electron chi connectivity index (χ1n) is 4.71. The van der Waals surface area contributed by atoms with Gasteiger partial charge in [0.15, 0.2) is 11.6 Å². The van der Waals surface area contributed by atoms with Crippen LogP contribution in [0.1, 0.15) is 5.56 Å². The molecule has 0 unspecified atom stereocenters. The van der Waals surface area contributed by atoms with Gasteiger partial charge in [0.25, 0.3) is 0 Å². The Kier molecular flexibility index (Phi) is 2.86. The van der Waals surface area contributed by atoms with Crippen LogP contribution >= 0.6 is 0 Å². The van der Waals surface area contributed by atoms with Crippen molar-refractivity contribution in [1.82, 2.24) is 0 Å². The molecular weight excluding hydrogens is 210 g/mol. The van der Waals surface area contributed by atoms with Crippen LogP contribution in [0.3, 0.4) is 0 Å². The van der Waals surface area contributed by atoms with Gasteiger partial charge in [0.1, 0.15) is 11.6 Å². The van der Waals surface area contributed by atoms with Crippen molar-refractivity contribution < 1.29 is 13.5 Å². The van der Waals surface area contributed by atoms with Crippen LogP contribution in [-0.2, 0) is 0 Å². The maximum atomic E-state index is 13.5. The third-order valence-corrected chi connectivity index (χ3v) is 2.07. The Morgan fingerprint density at radius 2 is 1.75 bits per heavy atom. The van der Waals surface area contributed by atoms with Crippen LogP contribution in [0.2, 0.25) is 0 Å². The zero-order valence-corrected chi connectivity index (χ0v) is 8.41. The smallest absolute Gasteiger partial charge is 0.168 e. The summed E-state index contributed by atoms with van der Waals surface area (Å²) < 4.78 is 31.6. The number of benzene rings is 2. The van der Waals surface area contributed by atoms with Crippen molar-refractivity contribution in [3.8, 4) is 11.5 Å². The lowest BCUT2D eigenvalue weighted by atomic mass is 10.2. The molecule has 16 heavy (non-hydrogen) atoms. The van der Waals surface area contributed by atoms with E-state index in [1.165, 1.54) is 30.3 Å². The highest BCUT2D eigenvalue weighted by Gasteiger charge is 2.07. The minimum Gasteiger partial charge on any atom is -0.454 e. The molecule has 0 aliphatic rings. The molecule has 0 amide bonds. The zero-order chi connectivity index (χ0) is 11.5. The molecule has 0 heterocycles. The zero-order valence-electron chi connectivity index (χ0n) is 8.41. The van der Waals surface area contributed by atoms with E-state index in [0.29, 0.717) is 0 Å². The predicted molar refractivity (Wildman–Crippen MR) is 57.3 cm³/mol. The molecule has 2 aromatic carbocycles. The van der Waals surface area contributed by atoms with Crippen LogP contribution in [0.15, 0.2) is 42.5 Å². The van der Waals surface area contributed by atoms with Gasteiger partial charge in [0, 0.05) is 6.07 Å². The van der Waals surface area contributed by atoms with Gasteiger partial charge in [-0.1, -0.05) is 18.2 Å². The molecule has 0 atom stereocenters. The third-order valence-electron chi connectivity index (χ3n) is 2.07. The Balaban J connectivity index is 2.31. The van der Waals surface area contributed by atoms with E-state index >= 15 is 0 Å². The van der Waals surface area contributed by atoms with Crippen LogP contribution in [0, 0.1) is 18.6 Å². The lowest BCUT2D eigenvalue weighted by molar-refractivity contribution is 0.437. The van der Waals surface area contributed by atoms with Crippen molar-refractivity contribution >= 4 is 0 Å². The molecular formula is C13H9F2O. The first kappa shape index (κ1) is 10.6. The quantitative estimate of drug-likeness (QED) is 0.743. The summed E-state index contributed by atoms with van der Waals surface area (Å²) in [6.07, 6.45) is 0. The van der Waals surface area contributed by atoms with Gasteiger partial charge in [-0.05, 0) is 30.7 Å². The average Bonchev–Trinajstić information content (AvgIpc) is 2.25. The van der Waals surface area contributed by atoms with Crippen molar-refractivity contribution in [3.05, 3.63) is 66.6 Å². The molecule has 1 nitrogen and oxygen atoms in total. The van der Waals surface area contributed by atoms with Gasteiger partial charge in [0.2, 0.25) is 0 Å². The van der Waals surface area contributed by atoms with Gasteiger partial charge in [-0.25, -0.2) is 8.78 Å². The summed E-state index contributed by atoms with van der Waals surface area (Å²) >= 11 is 0. The molecule has 0 fully saturated rings. The van der Waals surface area contributed by atoms with Crippen molar-refractivity contribution in [3.63, 3.8) is 0 Å². The summed E-state index contributed by atoms with van der Waals surface area (Å²) in [7, 11) is 0. The van der Waals surface area contributed by atoms with E-state index in [1.807, 2.05) is 0 Å². The van der Waals surface area contributed by atoms with E-state index in [1.54, 1.807) is 12.1 Å². The van der Waals surface area contributed by atoms with Crippen molar-refractivity contribution in [1.29, 1.82) is 0 Å². The van der Waals surface area contributed by atoms with Gasteiger partial charge in [-0.2, -0.15) is 0 Å². The third kappa shape index (κ3) is 2.19. The highest BCUT2D eigenvalue weighted by molar-refractivity contribution is 5.36. The van der Waals surface area contributed by atoms with Crippen molar-refractivity contribution in [2.24, 2.45) is 0 Å². The fraction of sp³-hybridized carbons (Fsp3) is 0. The fourth-order valence-electron chi connectivity index (χ4n) is 1.29. The van der Waals surface area contributed by atoms with Gasteiger partial charge >= 0.3 is 0 Å². The maximum absolute atomic E-state index is 13.5. The summed E-state index contributed by atoms with van der Waals surface area (Å²) in [6, 6.07) is 10.2. The highest BCUT2D eigenvalue weighted by Crippen LogP contribution is 2.26. The second-order valence-electron chi connectivity index (χ2n) is 3.29. The first-order chi connectivity index (χ1) is 7.66. The summed E-state index contributed by atoms with van der Waals surface area (Å²) in [6.45, 7) is 3.51. The maximum Gasteiger partial charge on any atom is 0.168 e. The summed E-state index contributed by atoms with van der Waals surface area (Å²) in [4.78, 5) is 0. The SMILES string of the molecule is [CH2]c1cccc(Oc2cccc(F)c2)c1F. The van der Waals surface area contributed by atoms with E-state index in [9.17, 15) is 8.78 Å². The van der Waals surface area contributed by atoms with Crippen LogP contribution in [0.25, 0.3) is 0 Å². The van der Waals surface area contributed by atoms with Crippen molar-refractivity contribution in [2.45, 2.75) is 0 Å². The van der Waals surface area contributed by atoms with Crippen LogP contribution in [0.4, 0.5) is 8.78 Å². The molecule has 0 aliphatic heterocycles. The minimum absolute atomic E-state index is 0.0399. The summed E-state index contributed by atoms with van der Waals surface area (Å²) in [5.41, 5.74) is 0.244. The molecule has 0 N–H and O–H groups in total. The van der Waals surface area contributed by atoms with E-state index in [4.69, 9.17) is 4.74 Å². The van der Waals surface area contributed by atoms with Gasteiger partial charge < -0.3 is 4.74 Å². The van der Waals surface area contributed by atoms with Gasteiger partial charge in [-0.15, -0.1) is 0 Å². The second-order valence-corrected chi connectivity index (χ2v) is 3.29. The number of hydrogen-bond acceptors (Lipinski definition) is 1. The Morgan fingerprint density at radius 3 is 2.50 bits per heavy atom. The Hall–Kier alpha value is -1.90. The van der Waals surface area contributed by atoms with Crippen LogP contribution in [0.5, 0.6) is 11.5 Å². The Labute approximate surface area is 92.3 Å². The van der Waals surface area contributed by atoms with Crippen LogP contribution < -0.4 is 4.74 Å². The molecule has 1 radical (unpaired) electrons. The number of rotatable bonds is 2. The monoisotopic (exact) mass is 219 g/mol. The van der Waals surface area contributed by atoms with E-state index in [-0.39, 0.29) is 17.1 Å². The molecule has 0 spiro atoms. The van der Waals surface area contributed by atoms with E-state index in [0.717, 1.165) is 0 Å². The lowest BCUT2D eigenvalue weighted by Crippen LogP contribution is -1.91. The fourth-order valence-corrected chi connectivity index (χ4v) is 1.29. The van der Waals surface area contributed by atoms with Gasteiger partial charge in [0.05, 0.1) is 0 Å². The highest BCUT2D eigenvalue weighted by atomic mass is 19.1. The minimum atomic E-state index is -0.535. The van der Waals surface area contributed by atoms with Crippen LogP contribution in [-0.4, -0.2) is 0 Å². The topological polar surface area (TPSA) is 9.23 Å². The Morgan fingerprint density at radius 1 is 1.00 bits per heavy atom.